The standard InChI is InChI=1S/C10H13Cl2NO/c1-13(2)6-10(14)7-3-8(11)5-9(12)4-7/h3-5,10,14H,6H2,1-2H3. The topological polar surface area (TPSA) is 23.5 Å². The third-order valence-corrected chi connectivity index (χ3v) is 2.24. The number of rotatable bonds is 3. The summed E-state index contributed by atoms with van der Waals surface area (Å²) in [6, 6.07) is 5.10. The molecule has 1 unspecified atom stereocenters. The summed E-state index contributed by atoms with van der Waals surface area (Å²) >= 11 is 11.6. The van der Waals surface area contributed by atoms with Crippen molar-refractivity contribution in [3.63, 3.8) is 0 Å². The van der Waals surface area contributed by atoms with E-state index < -0.39 is 6.10 Å². The van der Waals surface area contributed by atoms with Gasteiger partial charge in [-0.3, -0.25) is 0 Å². The average Bonchev–Trinajstić information content (AvgIpc) is 2.00. The fraction of sp³-hybridized carbons (Fsp3) is 0.400. The van der Waals surface area contributed by atoms with Crippen molar-refractivity contribution in [3.05, 3.63) is 33.8 Å². The third-order valence-electron chi connectivity index (χ3n) is 1.81. The van der Waals surface area contributed by atoms with Gasteiger partial charge >= 0.3 is 0 Å². The molecule has 1 aromatic carbocycles. The molecule has 0 spiro atoms. The number of aliphatic hydroxyl groups excluding tert-OH is 1. The highest BCUT2D eigenvalue weighted by atomic mass is 35.5. The molecule has 0 aliphatic carbocycles. The van der Waals surface area contributed by atoms with E-state index in [4.69, 9.17) is 23.2 Å². The highest BCUT2D eigenvalue weighted by Gasteiger charge is 2.09. The summed E-state index contributed by atoms with van der Waals surface area (Å²) in [5, 5.41) is 10.9. The van der Waals surface area contributed by atoms with Crippen molar-refractivity contribution in [2.45, 2.75) is 6.10 Å². The Morgan fingerprint density at radius 1 is 1.21 bits per heavy atom. The van der Waals surface area contributed by atoms with Crippen LogP contribution in [0.4, 0.5) is 0 Å². The smallest absolute Gasteiger partial charge is 0.0917 e. The van der Waals surface area contributed by atoms with Gasteiger partial charge in [0.1, 0.15) is 0 Å². The Hall–Kier alpha value is -0.280. The maximum absolute atomic E-state index is 9.78. The SMILES string of the molecule is CN(C)CC(O)c1cc(Cl)cc(Cl)c1. The van der Waals surface area contributed by atoms with Crippen molar-refractivity contribution in [1.82, 2.24) is 4.90 Å². The molecule has 1 atom stereocenters. The molecule has 0 saturated heterocycles. The second kappa shape index (κ2) is 4.99. The Balaban J connectivity index is 2.84. The first-order valence-corrected chi connectivity index (χ1v) is 5.03. The van der Waals surface area contributed by atoms with Gasteiger partial charge in [-0.1, -0.05) is 23.2 Å². The van der Waals surface area contributed by atoms with Gasteiger partial charge < -0.3 is 10.0 Å². The molecular formula is C10H13Cl2NO. The van der Waals surface area contributed by atoms with E-state index in [0.717, 1.165) is 5.56 Å². The summed E-state index contributed by atoms with van der Waals surface area (Å²) in [7, 11) is 3.80. The van der Waals surface area contributed by atoms with Gasteiger partial charge in [-0.25, -0.2) is 0 Å². The quantitative estimate of drug-likeness (QED) is 0.868. The molecule has 0 heterocycles. The van der Waals surface area contributed by atoms with Crippen LogP contribution in [0.1, 0.15) is 11.7 Å². The molecule has 1 N–H and O–H groups in total. The number of halogens is 2. The third kappa shape index (κ3) is 3.46. The van der Waals surface area contributed by atoms with Gasteiger partial charge in [0.15, 0.2) is 0 Å². The van der Waals surface area contributed by atoms with Crippen molar-refractivity contribution in [2.75, 3.05) is 20.6 Å². The molecule has 0 aliphatic heterocycles. The first-order chi connectivity index (χ1) is 6.49. The molecular weight excluding hydrogens is 221 g/mol. The number of hydrogen-bond donors (Lipinski definition) is 1. The van der Waals surface area contributed by atoms with Crippen molar-refractivity contribution >= 4 is 23.2 Å². The molecule has 0 radical (unpaired) electrons. The molecule has 0 fully saturated rings. The van der Waals surface area contributed by atoms with E-state index >= 15 is 0 Å². The summed E-state index contributed by atoms with van der Waals surface area (Å²) in [5.41, 5.74) is 0.746. The zero-order valence-electron chi connectivity index (χ0n) is 8.17. The fourth-order valence-corrected chi connectivity index (χ4v) is 1.76. The van der Waals surface area contributed by atoms with Crippen LogP contribution in [0.15, 0.2) is 18.2 Å². The van der Waals surface area contributed by atoms with Crippen molar-refractivity contribution in [3.8, 4) is 0 Å². The molecule has 0 amide bonds. The highest BCUT2D eigenvalue weighted by molar-refractivity contribution is 6.34. The molecule has 0 aromatic heterocycles. The first kappa shape index (κ1) is 11.8. The molecule has 0 aliphatic rings. The van der Waals surface area contributed by atoms with E-state index in [-0.39, 0.29) is 0 Å². The van der Waals surface area contributed by atoms with Crippen molar-refractivity contribution in [1.29, 1.82) is 0 Å². The average molecular weight is 234 g/mol. The number of hydrogen-bond acceptors (Lipinski definition) is 2. The molecule has 0 saturated carbocycles. The molecule has 78 valence electrons. The lowest BCUT2D eigenvalue weighted by molar-refractivity contribution is 0.138. The lowest BCUT2D eigenvalue weighted by atomic mass is 10.1. The molecule has 4 heteroatoms. The first-order valence-electron chi connectivity index (χ1n) is 4.28. The van der Waals surface area contributed by atoms with Gasteiger partial charge in [-0.15, -0.1) is 0 Å². The fourth-order valence-electron chi connectivity index (χ4n) is 1.22. The predicted octanol–water partition coefficient (Wildman–Crippen LogP) is 2.59. The number of nitrogens with zero attached hydrogens (tertiary/aromatic N) is 1. The molecule has 14 heavy (non-hydrogen) atoms. The number of aliphatic hydroxyl groups is 1. The maximum atomic E-state index is 9.78. The Morgan fingerprint density at radius 2 is 1.71 bits per heavy atom. The minimum Gasteiger partial charge on any atom is -0.387 e. The second-order valence-electron chi connectivity index (χ2n) is 3.48. The van der Waals surface area contributed by atoms with Crippen LogP contribution in [-0.2, 0) is 0 Å². The Bertz CT molecular complexity index is 295. The van der Waals surface area contributed by atoms with Crippen LogP contribution in [0.25, 0.3) is 0 Å². The largest absolute Gasteiger partial charge is 0.387 e. The Labute approximate surface area is 94.1 Å². The zero-order valence-corrected chi connectivity index (χ0v) is 9.68. The minimum atomic E-state index is -0.554. The van der Waals surface area contributed by atoms with E-state index in [1.165, 1.54) is 0 Å². The van der Waals surface area contributed by atoms with Gasteiger partial charge in [-0.05, 0) is 37.9 Å². The van der Waals surface area contributed by atoms with Gasteiger partial charge in [0.05, 0.1) is 6.10 Å². The lowest BCUT2D eigenvalue weighted by Gasteiger charge is -2.16. The summed E-state index contributed by atoms with van der Waals surface area (Å²) < 4.78 is 0. The van der Waals surface area contributed by atoms with E-state index in [2.05, 4.69) is 0 Å². The van der Waals surface area contributed by atoms with Gasteiger partial charge in [0.2, 0.25) is 0 Å². The monoisotopic (exact) mass is 233 g/mol. The summed E-state index contributed by atoms with van der Waals surface area (Å²) in [6.07, 6.45) is -0.554. The van der Waals surface area contributed by atoms with E-state index in [9.17, 15) is 5.11 Å². The van der Waals surface area contributed by atoms with Crippen LogP contribution in [0.3, 0.4) is 0 Å². The van der Waals surface area contributed by atoms with Crippen molar-refractivity contribution < 1.29 is 5.11 Å². The summed E-state index contributed by atoms with van der Waals surface area (Å²) in [4.78, 5) is 1.90. The zero-order chi connectivity index (χ0) is 10.7. The molecule has 2 nitrogen and oxygen atoms in total. The van der Waals surface area contributed by atoms with Crippen molar-refractivity contribution in [2.24, 2.45) is 0 Å². The van der Waals surface area contributed by atoms with Crippen LogP contribution < -0.4 is 0 Å². The summed E-state index contributed by atoms with van der Waals surface area (Å²) in [5.74, 6) is 0. The second-order valence-corrected chi connectivity index (χ2v) is 4.35. The molecule has 1 aromatic rings. The molecule has 0 bridgehead atoms. The van der Waals surface area contributed by atoms with Crippen LogP contribution in [0, 0.1) is 0 Å². The maximum Gasteiger partial charge on any atom is 0.0917 e. The van der Waals surface area contributed by atoms with Gasteiger partial charge in [-0.2, -0.15) is 0 Å². The summed E-state index contributed by atoms with van der Waals surface area (Å²) in [6.45, 7) is 0.552. The van der Waals surface area contributed by atoms with Crippen LogP contribution in [0.2, 0.25) is 10.0 Å². The van der Waals surface area contributed by atoms with Gasteiger partial charge in [0.25, 0.3) is 0 Å². The Morgan fingerprint density at radius 3 is 2.14 bits per heavy atom. The van der Waals surface area contributed by atoms with Crippen LogP contribution in [-0.4, -0.2) is 30.6 Å². The van der Waals surface area contributed by atoms with E-state index in [1.807, 2.05) is 19.0 Å². The van der Waals surface area contributed by atoms with Crippen LogP contribution >= 0.6 is 23.2 Å². The van der Waals surface area contributed by atoms with E-state index in [1.54, 1.807) is 18.2 Å². The number of benzene rings is 1. The number of likely N-dealkylation sites (N-methyl/N-ethyl adjacent to an activating group) is 1. The normalized spacial score (nSPS) is 13.3. The van der Waals surface area contributed by atoms with Gasteiger partial charge in [0, 0.05) is 16.6 Å². The predicted molar refractivity (Wildman–Crippen MR) is 60.0 cm³/mol. The van der Waals surface area contributed by atoms with E-state index in [0.29, 0.717) is 16.6 Å². The van der Waals surface area contributed by atoms with Crippen LogP contribution in [0.5, 0.6) is 0 Å². The Kier molecular flexibility index (Phi) is 4.20. The minimum absolute atomic E-state index is 0.547. The lowest BCUT2D eigenvalue weighted by Crippen LogP contribution is -2.19. The molecule has 1 rings (SSSR count). The highest BCUT2D eigenvalue weighted by Crippen LogP contribution is 2.23.